The molecule has 1 aliphatic rings. The summed E-state index contributed by atoms with van der Waals surface area (Å²) in [4.78, 5) is 15.7. The summed E-state index contributed by atoms with van der Waals surface area (Å²) < 4.78 is 4.92. The molecule has 0 unspecified atom stereocenters. The molecule has 0 atom stereocenters. The van der Waals surface area contributed by atoms with Gasteiger partial charge < -0.3 is 9.57 Å². The predicted octanol–water partition coefficient (Wildman–Crippen LogP) is 0.956. The van der Waals surface area contributed by atoms with Crippen molar-refractivity contribution in [2.45, 2.75) is 0 Å². The summed E-state index contributed by atoms with van der Waals surface area (Å²) in [5.41, 5.74) is 0.896. The summed E-state index contributed by atoms with van der Waals surface area (Å²) in [6.07, 6.45) is 0. The molecular weight excluding hydrogens is 170 g/mol. The number of fused-ring (bicyclic) bond motifs is 1. The van der Waals surface area contributed by atoms with E-state index in [2.05, 4.69) is 9.99 Å². The molecule has 66 valence electrons. The third kappa shape index (κ3) is 1.16. The van der Waals surface area contributed by atoms with Crippen LogP contribution in [0.15, 0.2) is 29.4 Å². The number of oxime groups is 1. The molecule has 0 fully saturated rings. The number of esters is 1. The fraction of sp³-hybridized carbons (Fsp3) is 0.111. The molecule has 1 aliphatic heterocycles. The number of para-hydroxylation sites is 1. The van der Waals surface area contributed by atoms with Gasteiger partial charge in [0.15, 0.2) is 5.71 Å². The summed E-state index contributed by atoms with van der Waals surface area (Å²) >= 11 is 0. The Hall–Kier alpha value is -1.84. The summed E-state index contributed by atoms with van der Waals surface area (Å²) in [5.74, 6) is 0.0614. The van der Waals surface area contributed by atoms with Crippen molar-refractivity contribution < 1.29 is 14.4 Å². The first-order chi connectivity index (χ1) is 6.33. The first kappa shape index (κ1) is 7.79. The van der Waals surface area contributed by atoms with Gasteiger partial charge in [0.1, 0.15) is 12.9 Å². The Morgan fingerprint density at radius 3 is 2.92 bits per heavy atom. The zero-order valence-electron chi connectivity index (χ0n) is 6.98. The fourth-order valence-electron chi connectivity index (χ4n) is 1.19. The van der Waals surface area contributed by atoms with Crippen molar-refractivity contribution in [3.63, 3.8) is 0 Å². The molecule has 1 aromatic rings. The van der Waals surface area contributed by atoms with Crippen LogP contribution in [0.5, 0.6) is 5.75 Å². The number of ether oxygens (including phenoxy) is 1. The molecule has 0 saturated heterocycles. The molecule has 1 aromatic carbocycles. The van der Waals surface area contributed by atoms with E-state index in [1.807, 2.05) is 6.07 Å². The van der Waals surface area contributed by atoms with E-state index in [1.54, 1.807) is 18.2 Å². The highest BCUT2D eigenvalue weighted by molar-refractivity contribution is 6.46. The Morgan fingerprint density at radius 1 is 1.38 bits per heavy atom. The third-order valence-corrected chi connectivity index (χ3v) is 1.72. The molecule has 2 rings (SSSR count). The largest absolute Gasteiger partial charge is 0.421 e. The molecule has 1 heterocycles. The molecule has 4 nitrogen and oxygen atoms in total. The quantitative estimate of drug-likeness (QED) is 0.364. The molecule has 13 heavy (non-hydrogen) atoms. The van der Waals surface area contributed by atoms with Crippen molar-refractivity contribution in [3.05, 3.63) is 29.8 Å². The fourth-order valence-corrected chi connectivity index (χ4v) is 1.19. The van der Waals surface area contributed by atoms with Crippen molar-refractivity contribution in [1.82, 2.24) is 0 Å². The van der Waals surface area contributed by atoms with Crippen LogP contribution in [0.3, 0.4) is 0 Å². The Balaban J connectivity index is 2.53. The van der Waals surface area contributed by atoms with Crippen LogP contribution in [0.25, 0.3) is 0 Å². The molecule has 0 spiro atoms. The predicted molar refractivity (Wildman–Crippen MR) is 45.6 cm³/mol. The van der Waals surface area contributed by atoms with Crippen LogP contribution < -0.4 is 4.74 Å². The highest BCUT2D eigenvalue weighted by atomic mass is 16.6. The number of hydrogen-bond donors (Lipinski definition) is 0. The number of rotatable bonds is 1. The SMILES string of the molecule is CON=C1C(=O)Oc2ccccc21. The smallest absolute Gasteiger partial charge is 0.366 e. The van der Waals surface area contributed by atoms with Crippen LogP contribution in [0.2, 0.25) is 0 Å². The lowest BCUT2D eigenvalue weighted by molar-refractivity contribution is -0.126. The van der Waals surface area contributed by atoms with Crippen molar-refractivity contribution in [2.24, 2.45) is 5.16 Å². The van der Waals surface area contributed by atoms with Gasteiger partial charge in [-0.3, -0.25) is 0 Å². The van der Waals surface area contributed by atoms with Gasteiger partial charge in [-0.05, 0) is 12.1 Å². The van der Waals surface area contributed by atoms with E-state index in [-0.39, 0.29) is 5.71 Å². The van der Waals surface area contributed by atoms with Gasteiger partial charge >= 0.3 is 5.97 Å². The Kier molecular flexibility index (Phi) is 1.73. The average Bonchev–Trinajstić information content (AvgIpc) is 2.44. The molecule has 0 saturated carbocycles. The van der Waals surface area contributed by atoms with Gasteiger partial charge in [-0.15, -0.1) is 0 Å². The number of carbonyl (C=O) groups excluding carboxylic acids is 1. The van der Waals surface area contributed by atoms with Gasteiger partial charge in [-0.2, -0.15) is 0 Å². The van der Waals surface area contributed by atoms with Gasteiger partial charge in [0.05, 0.1) is 5.56 Å². The van der Waals surface area contributed by atoms with Crippen molar-refractivity contribution in [2.75, 3.05) is 7.11 Å². The topological polar surface area (TPSA) is 47.9 Å². The molecular formula is C9H7NO3. The van der Waals surface area contributed by atoms with E-state index < -0.39 is 5.97 Å². The highest BCUT2D eigenvalue weighted by Crippen LogP contribution is 2.25. The Labute approximate surface area is 74.8 Å². The van der Waals surface area contributed by atoms with Gasteiger partial charge in [-0.1, -0.05) is 17.3 Å². The number of benzene rings is 1. The van der Waals surface area contributed by atoms with E-state index in [1.165, 1.54) is 7.11 Å². The molecule has 0 radical (unpaired) electrons. The minimum Gasteiger partial charge on any atom is -0.421 e. The zero-order valence-corrected chi connectivity index (χ0v) is 6.98. The summed E-state index contributed by atoms with van der Waals surface area (Å²) in [6.45, 7) is 0. The molecule has 0 amide bonds. The molecule has 0 N–H and O–H groups in total. The first-order valence-electron chi connectivity index (χ1n) is 3.75. The lowest BCUT2D eigenvalue weighted by Crippen LogP contribution is -2.12. The maximum atomic E-state index is 11.2. The summed E-state index contributed by atoms with van der Waals surface area (Å²) in [7, 11) is 1.39. The molecule has 0 bridgehead atoms. The van der Waals surface area contributed by atoms with Crippen LogP contribution in [-0.4, -0.2) is 18.8 Å². The second-order valence-electron chi connectivity index (χ2n) is 2.51. The third-order valence-electron chi connectivity index (χ3n) is 1.72. The van der Waals surface area contributed by atoms with Crippen LogP contribution in [0.4, 0.5) is 0 Å². The second-order valence-corrected chi connectivity index (χ2v) is 2.51. The van der Waals surface area contributed by atoms with Crippen LogP contribution in [0, 0.1) is 0 Å². The van der Waals surface area contributed by atoms with E-state index in [0.29, 0.717) is 11.3 Å². The zero-order chi connectivity index (χ0) is 9.26. The van der Waals surface area contributed by atoms with E-state index in [0.717, 1.165) is 0 Å². The molecule has 0 aliphatic carbocycles. The monoisotopic (exact) mass is 177 g/mol. The number of hydrogen-bond acceptors (Lipinski definition) is 4. The average molecular weight is 177 g/mol. The van der Waals surface area contributed by atoms with Crippen LogP contribution in [-0.2, 0) is 9.63 Å². The van der Waals surface area contributed by atoms with Gasteiger partial charge in [0.25, 0.3) is 0 Å². The normalized spacial score (nSPS) is 17.0. The second kappa shape index (κ2) is 2.90. The number of nitrogens with zero attached hydrogens (tertiary/aromatic N) is 1. The minimum absolute atomic E-state index is 0.220. The minimum atomic E-state index is -0.469. The van der Waals surface area contributed by atoms with Crippen LogP contribution in [0.1, 0.15) is 5.56 Å². The van der Waals surface area contributed by atoms with Gasteiger partial charge in [0.2, 0.25) is 0 Å². The van der Waals surface area contributed by atoms with Crippen molar-refractivity contribution >= 4 is 11.7 Å². The van der Waals surface area contributed by atoms with Crippen LogP contribution >= 0.6 is 0 Å². The lowest BCUT2D eigenvalue weighted by atomic mass is 10.1. The highest BCUT2D eigenvalue weighted by Gasteiger charge is 2.28. The standard InChI is InChI=1S/C9H7NO3/c1-12-10-8-6-4-2-3-5-7(6)13-9(8)11/h2-5H,1H3. The van der Waals surface area contributed by atoms with Gasteiger partial charge in [-0.25, -0.2) is 4.79 Å². The summed E-state index contributed by atoms with van der Waals surface area (Å²) in [6, 6.07) is 7.08. The van der Waals surface area contributed by atoms with E-state index in [4.69, 9.17) is 4.74 Å². The first-order valence-corrected chi connectivity index (χ1v) is 3.75. The summed E-state index contributed by atoms with van der Waals surface area (Å²) in [5, 5.41) is 3.59. The maximum absolute atomic E-state index is 11.2. The molecule has 0 aromatic heterocycles. The Bertz CT molecular complexity index is 384. The van der Waals surface area contributed by atoms with Gasteiger partial charge in [0, 0.05) is 0 Å². The number of carbonyl (C=O) groups is 1. The maximum Gasteiger partial charge on any atom is 0.366 e. The Morgan fingerprint density at radius 2 is 2.15 bits per heavy atom. The van der Waals surface area contributed by atoms with E-state index in [9.17, 15) is 4.79 Å². The lowest BCUT2D eigenvalue weighted by Gasteiger charge is -1.92. The van der Waals surface area contributed by atoms with Crippen molar-refractivity contribution in [3.8, 4) is 5.75 Å². The van der Waals surface area contributed by atoms with Crippen molar-refractivity contribution in [1.29, 1.82) is 0 Å². The molecule has 4 heteroatoms. The van der Waals surface area contributed by atoms with E-state index >= 15 is 0 Å².